The van der Waals surface area contributed by atoms with Gasteiger partial charge >= 0.3 is 0 Å². The molecule has 1 N–H and O–H groups in total. The lowest BCUT2D eigenvalue weighted by Gasteiger charge is -2.26. The number of carbonyl (C=O) groups excluding carboxylic acids is 2. The first kappa shape index (κ1) is 18.6. The Hall–Kier alpha value is -2.73. The molecule has 2 aliphatic rings. The minimum atomic E-state index is -0.419. The fourth-order valence-electron chi connectivity index (χ4n) is 3.94. The number of hydrogen-bond donors (Lipinski definition) is 1. The zero-order valence-electron chi connectivity index (χ0n) is 15.5. The monoisotopic (exact) mass is 382 g/mol. The van der Waals surface area contributed by atoms with E-state index in [-0.39, 0.29) is 36.2 Å². The van der Waals surface area contributed by atoms with E-state index in [1.54, 1.807) is 17.0 Å². The molecule has 5 nitrogen and oxygen atoms in total. The van der Waals surface area contributed by atoms with Crippen molar-refractivity contribution in [1.29, 1.82) is 0 Å². The van der Waals surface area contributed by atoms with Gasteiger partial charge < -0.3 is 15.0 Å². The Balaban J connectivity index is 1.48. The quantitative estimate of drug-likeness (QED) is 0.864. The summed E-state index contributed by atoms with van der Waals surface area (Å²) < 4.78 is 19.1. The molecular weight excluding hydrogens is 359 g/mol. The topological polar surface area (TPSA) is 58.6 Å². The van der Waals surface area contributed by atoms with Gasteiger partial charge in [-0.2, -0.15) is 0 Å². The van der Waals surface area contributed by atoms with E-state index >= 15 is 0 Å². The number of hydrogen-bond acceptors (Lipinski definition) is 3. The molecule has 2 saturated heterocycles. The van der Waals surface area contributed by atoms with Gasteiger partial charge in [0, 0.05) is 25.3 Å². The predicted octanol–water partition coefficient (Wildman–Crippen LogP) is 3.22. The smallest absolute Gasteiger partial charge is 0.227 e. The van der Waals surface area contributed by atoms with Crippen molar-refractivity contribution in [2.45, 2.75) is 31.4 Å². The second kappa shape index (κ2) is 8.10. The third kappa shape index (κ3) is 3.92. The molecule has 6 heteroatoms. The fraction of sp³-hybridized carbons (Fsp3) is 0.364. The molecule has 146 valence electrons. The molecule has 0 radical (unpaired) electrons. The number of halogens is 1. The average Bonchev–Trinajstić information content (AvgIpc) is 3.37. The number of para-hydroxylation sites is 1. The van der Waals surface area contributed by atoms with Gasteiger partial charge in [-0.15, -0.1) is 0 Å². The van der Waals surface area contributed by atoms with Gasteiger partial charge in [0.2, 0.25) is 11.8 Å². The molecule has 2 heterocycles. The highest BCUT2D eigenvalue weighted by molar-refractivity contribution is 6.00. The molecule has 0 spiro atoms. The molecule has 0 bridgehead atoms. The standard InChI is InChI=1S/C22H23FN2O3/c23-17-10-8-15(9-11-17)21(19-7-4-12-28-19)24-22(27)16-13-20(26)25(14-16)18-5-2-1-3-6-18/h1-3,5-6,8-11,16,19,21H,4,7,12-14H2,(H,24,27)/t16-,19-,21+/m0/s1. The van der Waals surface area contributed by atoms with Crippen molar-refractivity contribution in [2.75, 3.05) is 18.1 Å². The van der Waals surface area contributed by atoms with Crippen LogP contribution < -0.4 is 10.2 Å². The van der Waals surface area contributed by atoms with Crippen molar-refractivity contribution < 1.29 is 18.7 Å². The third-order valence-electron chi connectivity index (χ3n) is 5.43. The van der Waals surface area contributed by atoms with Crippen LogP contribution in [0.3, 0.4) is 0 Å². The van der Waals surface area contributed by atoms with Gasteiger partial charge in [-0.3, -0.25) is 9.59 Å². The molecule has 2 aromatic rings. The van der Waals surface area contributed by atoms with E-state index in [1.807, 2.05) is 30.3 Å². The van der Waals surface area contributed by atoms with Crippen LogP contribution >= 0.6 is 0 Å². The first-order chi connectivity index (χ1) is 13.6. The summed E-state index contributed by atoms with van der Waals surface area (Å²) >= 11 is 0. The van der Waals surface area contributed by atoms with Crippen molar-refractivity contribution in [3.8, 4) is 0 Å². The van der Waals surface area contributed by atoms with Crippen LogP contribution in [0, 0.1) is 11.7 Å². The summed E-state index contributed by atoms with van der Waals surface area (Å²) in [5, 5.41) is 3.06. The summed E-state index contributed by atoms with van der Waals surface area (Å²) in [6, 6.07) is 15.2. The number of anilines is 1. The molecule has 28 heavy (non-hydrogen) atoms. The van der Waals surface area contributed by atoms with Gasteiger partial charge in [0.05, 0.1) is 18.1 Å². The number of nitrogens with zero attached hydrogens (tertiary/aromatic N) is 1. The van der Waals surface area contributed by atoms with Crippen LogP contribution in [0.15, 0.2) is 54.6 Å². The van der Waals surface area contributed by atoms with Crippen molar-refractivity contribution in [3.63, 3.8) is 0 Å². The van der Waals surface area contributed by atoms with Crippen molar-refractivity contribution in [2.24, 2.45) is 5.92 Å². The van der Waals surface area contributed by atoms with E-state index in [1.165, 1.54) is 12.1 Å². The maximum atomic E-state index is 13.3. The first-order valence-corrected chi connectivity index (χ1v) is 9.64. The molecule has 2 aromatic carbocycles. The van der Waals surface area contributed by atoms with E-state index in [9.17, 15) is 14.0 Å². The third-order valence-corrected chi connectivity index (χ3v) is 5.43. The molecule has 2 amide bonds. The van der Waals surface area contributed by atoms with Crippen LogP contribution in [0.4, 0.5) is 10.1 Å². The Labute approximate surface area is 163 Å². The van der Waals surface area contributed by atoms with E-state index in [4.69, 9.17) is 4.74 Å². The lowest BCUT2D eigenvalue weighted by atomic mass is 9.97. The Bertz CT molecular complexity index is 835. The molecular formula is C22H23FN2O3. The molecule has 4 rings (SSSR count). The number of rotatable bonds is 5. The van der Waals surface area contributed by atoms with E-state index < -0.39 is 5.92 Å². The lowest BCUT2D eigenvalue weighted by Crippen LogP contribution is -2.40. The normalized spacial score (nSPS) is 23.0. The Morgan fingerprint density at radius 1 is 1.14 bits per heavy atom. The van der Waals surface area contributed by atoms with Gasteiger partial charge in [-0.05, 0) is 42.7 Å². The Kier molecular flexibility index (Phi) is 5.39. The number of carbonyl (C=O) groups is 2. The Morgan fingerprint density at radius 2 is 1.89 bits per heavy atom. The average molecular weight is 382 g/mol. The number of benzene rings is 2. The molecule has 2 aliphatic heterocycles. The summed E-state index contributed by atoms with van der Waals surface area (Å²) in [4.78, 5) is 27.0. The molecule has 0 unspecified atom stereocenters. The lowest BCUT2D eigenvalue weighted by molar-refractivity contribution is -0.127. The largest absolute Gasteiger partial charge is 0.376 e. The summed E-state index contributed by atoms with van der Waals surface area (Å²) in [5.74, 6) is -0.962. The van der Waals surface area contributed by atoms with Crippen LogP contribution in [0.25, 0.3) is 0 Å². The summed E-state index contributed by atoms with van der Waals surface area (Å²) in [6.45, 7) is 1.01. The second-order valence-corrected chi connectivity index (χ2v) is 7.33. The van der Waals surface area contributed by atoms with Gasteiger partial charge in [-0.25, -0.2) is 4.39 Å². The van der Waals surface area contributed by atoms with Crippen LogP contribution in [0.1, 0.15) is 30.9 Å². The number of ether oxygens (including phenoxy) is 1. The minimum absolute atomic E-state index is 0.0539. The van der Waals surface area contributed by atoms with Crippen molar-refractivity contribution in [3.05, 3.63) is 66.0 Å². The molecule has 0 saturated carbocycles. The van der Waals surface area contributed by atoms with Crippen molar-refractivity contribution >= 4 is 17.5 Å². The predicted molar refractivity (Wildman–Crippen MR) is 103 cm³/mol. The van der Waals surface area contributed by atoms with Crippen LogP contribution in [-0.2, 0) is 14.3 Å². The van der Waals surface area contributed by atoms with Gasteiger partial charge in [0.15, 0.2) is 0 Å². The highest BCUT2D eigenvalue weighted by atomic mass is 19.1. The Morgan fingerprint density at radius 3 is 2.57 bits per heavy atom. The highest BCUT2D eigenvalue weighted by Gasteiger charge is 2.37. The summed E-state index contributed by atoms with van der Waals surface area (Å²) in [5.41, 5.74) is 1.61. The molecule has 2 fully saturated rings. The first-order valence-electron chi connectivity index (χ1n) is 9.64. The van der Waals surface area contributed by atoms with Gasteiger partial charge in [0.1, 0.15) is 5.82 Å². The van der Waals surface area contributed by atoms with Crippen LogP contribution in [0.2, 0.25) is 0 Å². The maximum absolute atomic E-state index is 13.3. The molecule has 3 atom stereocenters. The van der Waals surface area contributed by atoms with Crippen LogP contribution in [-0.4, -0.2) is 31.1 Å². The fourth-order valence-corrected chi connectivity index (χ4v) is 3.94. The van der Waals surface area contributed by atoms with Gasteiger partial charge in [0.25, 0.3) is 0 Å². The van der Waals surface area contributed by atoms with E-state index in [0.29, 0.717) is 13.2 Å². The highest BCUT2D eigenvalue weighted by Crippen LogP contribution is 2.29. The van der Waals surface area contributed by atoms with E-state index in [0.717, 1.165) is 24.1 Å². The van der Waals surface area contributed by atoms with E-state index in [2.05, 4.69) is 5.32 Å². The maximum Gasteiger partial charge on any atom is 0.227 e. The van der Waals surface area contributed by atoms with Gasteiger partial charge in [-0.1, -0.05) is 30.3 Å². The SMILES string of the molecule is O=C(N[C@H](c1ccc(F)cc1)[C@@H]1CCCO1)[C@H]1CC(=O)N(c2ccccc2)C1. The summed E-state index contributed by atoms with van der Waals surface area (Å²) in [7, 11) is 0. The summed E-state index contributed by atoms with van der Waals surface area (Å²) in [6.07, 6.45) is 1.81. The number of amides is 2. The molecule has 0 aliphatic carbocycles. The second-order valence-electron chi connectivity index (χ2n) is 7.33. The zero-order valence-corrected chi connectivity index (χ0v) is 15.5. The minimum Gasteiger partial charge on any atom is -0.376 e. The molecule has 0 aromatic heterocycles. The van der Waals surface area contributed by atoms with Crippen molar-refractivity contribution in [1.82, 2.24) is 5.32 Å². The van der Waals surface area contributed by atoms with Crippen LogP contribution in [0.5, 0.6) is 0 Å². The zero-order chi connectivity index (χ0) is 19.5. The number of nitrogens with one attached hydrogen (secondary N) is 1.